The maximum atomic E-state index is 11.2. The minimum atomic E-state index is 0.0729. The number of amides is 1. The molecule has 1 amide bonds. The van der Waals surface area contributed by atoms with Gasteiger partial charge in [-0.2, -0.15) is 12.6 Å². The zero-order valence-corrected chi connectivity index (χ0v) is 10.2. The van der Waals surface area contributed by atoms with Gasteiger partial charge >= 0.3 is 0 Å². The zero-order valence-electron chi connectivity index (χ0n) is 8.46. The van der Waals surface area contributed by atoms with Gasteiger partial charge in [0.25, 0.3) is 0 Å². The number of hydrogen-bond donors (Lipinski definition) is 2. The Kier molecular flexibility index (Phi) is 4.48. The fraction of sp³-hybridized carbons (Fsp3) is 0.500. The van der Waals surface area contributed by atoms with Crippen molar-refractivity contribution in [2.45, 2.75) is 26.8 Å². The molecule has 1 aromatic heterocycles. The highest BCUT2D eigenvalue weighted by atomic mass is 32.1. The van der Waals surface area contributed by atoms with E-state index in [1.54, 1.807) is 11.3 Å². The van der Waals surface area contributed by atoms with Crippen LogP contribution in [0.1, 0.15) is 21.7 Å². The third kappa shape index (κ3) is 3.35. The van der Waals surface area contributed by atoms with Gasteiger partial charge in [-0.25, -0.2) is 0 Å². The molecule has 14 heavy (non-hydrogen) atoms. The molecule has 0 atom stereocenters. The maximum Gasteiger partial charge on any atom is 0.221 e. The smallest absolute Gasteiger partial charge is 0.221 e. The van der Waals surface area contributed by atoms with Gasteiger partial charge in [0, 0.05) is 16.2 Å². The van der Waals surface area contributed by atoms with Gasteiger partial charge < -0.3 is 5.32 Å². The topological polar surface area (TPSA) is 29.1 Å². The van der Waals surface area contributed by atoms with Gasteiger partial charge in [0.1, 0.15) is 0 Å². The first-order valence-corrected chi connectivity index (χ1v) is 6.02. The van der Waals surface area contributed by atoms with Crippen LogP contribution in [0.15, 0.2) is 6.07 Å². The second-order valence-corrected chi connectivity index (χ2v) is 4.99. The summed E-state index contributed by atoms with van der Waals surface area (Å²) < 4.78 is 0. The Morgan fingerprint density at radius 1 is 1.57 bits per heavy atom. The number of rotatable bonds is 4. The molecule has 0 spiro atoms. The van der Waals surface area contributed by atoms with Crippen LogP contribution >= 0.6 is 24.0 Å². The molecule has 1 aromatic rings. The summed E-state index contributed by atoms with van der Waals surface area (Å²) >= 11 is 5.74. The third-order valence-corrected chi connectivity index (χ3v) is 3.39. The van der Waals surface area contributed by atoms with Crippen molar-refractivity contribution in [3.63, 3.8) is 0 Å². The first-order valence-electron chi connectivity index (χ1n) is 4.57. The molecule has 0 fully saturated rings. The number of carbonyl (C=O) groups excluding carboxylic acids is 1. The SMILES string of the molecule is Cc1cc(CNC(=O)CCS)sc1C. The molecular weight excluding hydrogens is 214 g/mol. The van der Waals surface area contributed by atoms with Crippen LogP contribution < -0.4 is 5.32 Å². The number of aryl methyl sites for hydroxylation is 2. The van der Waals surface area contributed by atoms with Crippen LogP contribution in [0.2, 0.25) is 0 Å². The molecule has 0 aliphatic rings. The average Bonchev–Trinajstić information content (AvgIpc) is 2.44. The summed E-state index contributed by atoms with van der Waals surface area (Å²) in [5.41, 5.74) is 1.30. The van der Waals surface area contributed by atoms with Gasteiger partial charge in [-0.1, -0.05) is 0 Å². The lowest BCUT2D eigenvalue weighted by atomic mass is 10.3. The van der Waals surface area contributed by atoms with E-state index in [1.165, 1.54) is 15.3 Å². The summed E-state index contributed by atoms with van der Waals surface area (Å²) in [6.07, 6.45) is 0.493. The van der Waals surface area contributed by atoms with Crippen molar-refractivity contribution in [3.05, 3.63) is 21.4 Å². The fourth-order valence-electron chi connectivity index (χ4n) is 1.11. The maximum absolute atomic E-state index is 11.2. The highest BCUT2D eigenvalue weighted by Crippen LogP contribution is 2.20. The fourth-order valence-corrected chi connectivity index (χ4v) is 2.31. The van der Waals surface area contributed by atoms with Crippen LogP contribution in [0.25, 0.3) is 0 Å². The Hall–Kier alpha value is -0.480. The Balaban J connectivity index is 2.42. The Morgan fingerprint density at radius 2 is 2.29 bits per heavy atom. The molecule has 2 nitrogen and oxygen atoms in total. The van der Waals surface area contributed by atoms with Crippen molar-refractivity contribution in [3.8, 4) is 0 Å². The molecule has 0 saturated heterocycles. The van der Waals surface area contributed by atoms with Crippen LogP contribution in [0.5, 0.6) is 0 Å². The van der Waals surface area contributed by atoms with E-state index in [1.807, 2.05) is 0 Å². The minimum absolute atomic E-state index is 0.0729. The molecule has 0 saturated carbocycles. The van der Waals surface area contributed by atoms with Gasteiger partial charge in [0.2, 0.25) is 5.91 Å². The van der Waals surface area contributed by atoms with Crippen molar-refractivity contribution >= 4 is 29.9 Å². The summed E-state index contributed by atoms with van der Waals surface area (Å²) in [5, 5.41) is 2.86. The van der Waals surface area contributed by atoms with E-state index in [4.69, 9.17) is 0 Å². The first kappa shape index (κ1) is 11.6. The van der Waals surface area contributed by atoms with E-state index in [2.05, 4.69) is 37.9 Å². The Bertz CT molecular complexity index is 300. The van der Waals surface area contributed by atoms with Crippen LogP contribution in [0.3, 0.4) is 0 Å². The van der Waals surface area contributed by atoms with Crippen molar-refractivity contribution in [2.24, 2.45) is 0 Å². The second-order valence-electron chi connectivity index (χ2n) is 3.20. The van der Waals surface area contributed by atoms with E-state index in [0.29, 0.717) is 18.7 Å². The normalized spacial score (nSPS) is 10.2. The molecule has 1 rings (SSSR count). The van der Waals surface area contributed by atoms with E-state index < -0.39 is 0 Å². The molecule has 78 valence electrons. The summed E-state index contributed by atoms with van der Waals surface area (Å²) in [5.74, 6) is 0.678. The zero-order chi connectivity index (χ0) is 10.6. The van der Waals surface area contributed by atoms with Crippen LogP contribution in [0, 0.1) is 13.8 Å². The lowest BCUT2D eigenvalue weighted by Crippen LogP contribution is -2.22. The van der Waals surface area contributed by atoms with E-state index in [0.717, 1.165) is 0 Å². The monoisotopic (exact) mass is 229 g/mol. The van der Waals surface area contributed by atoms with Crippen molar-refractivity contribution < 1.29 is 4.79 Å². The number of carbonyl (C=O) groups is 1. The quantitative estimate of drug-likeness (QED) is 0.762. The summed E-state index contributed by atoms with van der Waals surface area (Å²) in [7, 11) is 0. The van der Waals surface area contributed by atoms with Crippen LogP contribution in [-0.4, -0.2) is 11.7 Å². The average molecular weight is 229 g/mol. The number of nitrogens with one attached hydrogen (secondary N) is 1. The van der Waals surface area contributed by atoms with Gasteiger partial charge in [-0.05, 0) is 31.2 Å². The molecule has 0 aromatic carbocycles. The number of thiophene rings is 1. The highest BCUT2D eigenvalue weighted by Gasteiger charge is 2.03. The van der Waals surface area contributed by atoms with E-state index >= 15 is 0 Å². The number of hydrogen-bond acceptors (Lipinski definition) is 3. The molecule has 0 aliphatic heterocycles. The van der Waals surface area contributed by atoms with Gasteiger partial charge in [0.15, 0.2) is 0 Å². The molecule has 0 aliphatic carbocycles. The molecule has 1 N–H and O–H groups in total. The summed E-state index contributed by atoms with van der Waals surface area (Å²) in [4.78, 5) is 13.7. The molecule has 0 unspecified atom stereocenters. The van der Waals surface area contributed by atoms with Crippen molar-refractivity contribution in [1.82, 2.24) is 5.32 Å². The predicted octanol–water partition coefficient (Wildman–Crippen LogP) is 2.30. The standard InChI is InChI=1S/C10H15NOS2/c1-7-5-9(14-8(7)2)6-11-10(12)3-4-13/h5,13H,3-4,6H2,1-2H3,(H,11,12). The minimum Gasteiger partial charge on any atom is -0.351 e. The van der Waals surface area contributed by atoms with Crippen molar-refractivity contribution in [2.75, 3.05) is 5.75 Å². The first-order chi connectivity index (χ1) is 6.63. The summed E-state index contributed by atoms with van der Waals surface area (Å²) in [6.45, 7) is 4.83. The lowest BCUT2D eigenvalue weighted by Gasteiger charge is -2.00. The van der Waals surface area contributed by atoms with Crippen LogP contribution in [-0.2, 0) is 11.3 Å². The number of thiol groups is 1. The van der Waals surface area contributed by atoms with E-state index in [-0.39, 0.29) is 5.91 Å². The Labute approximate surface area is 94.1 Å². The molecular formula is C10H15NOS2. The summed E-state index contributed by atoms with van der Waals surface area (Å²) in [6, 6.07) is 2.13. The predicted molar refractivity (Wildman–Crippen MR) is 64.1 cm³/mol. The highest BCUT2D eigenvalue weighted by molar-refractivity contribution is 7.80. The van der Waals surface area contributed by atoms with E-state index in [9.17, 15) is 4.79 Å². The van der Waals surface area contributed by atoms with Crippen LogP contribution in [0.4, 0.5) is 0 Å². The largest absolute Gasteiger partial charge is 0.351 e. The second kappa shape index (κ2) is 5.41. The molecule has 0 bridgehead atoms. The van der Waals surface area contributed by atoms with Crippen molar-refractivity contribution in [1.29, 1.82) is 0 Å². The molecule has 0 radical (unpaired) electrons. The molecule has 4 heteroatoms. The van der Waals surface area contributed by atoms with Gasteiger partial charge in [-0.15, -0.1) is 11.3 Å². The van der Waals surface area contributed by atoms with Gasteiger partial charge in [-0.3, -0.25) is 4.79 Å². The Morgan fingerprint density at radius 3 is 2.79 bits per heavy atom. The lowest BCUT2D eigenvalue weighted by molar-refractivity contribution is -0.120. The van der Waals surface area contributed by atoms with Gasteiger partial charge in [0.05, 0.1) is 6.54 Å². The third-order valence-electron chi connectivity index (χ3n) is 2.02. The molecule has 1 heterocycles.